The van der Waals surface area contributed by atoms with Crippen LogP contribution in [0.15, 0.2) is 0 Å². The number of hydrogen-bond acceptors (Lipinski definition) is 0. The van der Waals surface area contributed by atoms with Crippen molar-refractivity contribution < 1.29 is 8.78 Å². The summed E-state index contributed by atoms with van der Waals surface area (Å²) in [5.41, 5.74) is 4.15. The summed E-state index contributed by atoms with van der Waals surface area (Å²) in [6.07, 6.45) is -1.76. The van der Waals surface area contributed by atoms with E-state index in [9.17, 15) is 8.78 Å². The van der Waals surface area contributed by atoms with Crippen LogP contribution in [0.4, 0.5) is 8.78 Å². The van der Waals surface area contributed by atoms with Crippen molar-refractivity contribution in [3.05, 3.63) is 6.43 Å². The SMILES string of the molecule is CC(C)[Si](C#C[C](F)F)(C(C)C)C(C)C. The zero-order valence-corrected chi connectivity index (χ0v) is 11.5. The topological polar surface area (TPSA) is 0 Å². The van der Waals surface area contributed by atoms with Gasteiger partial charge in [-0.1, -0.05) is 41.5 Å². The second-order valence-electron chi connectivity index (χ2n) is 4.91. The Kier molecular flexibility index (Phi) is 5.51. The smallest absolute Gasteiger partial charge is 0.184 e. The molecule has 87 valence electrons. The second-order valence-corrected chi connectivity index (χ2v) is 10.5. The molecule has 0 aliphatic rings. The molecular weight excluding hydrogens is 210 g/mol. The molecule has 0 amide bonds. The van der Waals surface area contributed by atoms with Gasteiger partial charge in [0.25, 0.3) is 0 Å². The molecule has 0 aromatic rings. The van der Waals surface area contributed by atoms with Gasteiger partial charge in [-0.05, 0) is 22.5 Å². The average Bonchev–Trinajstić information content (AvgIpc) is 2.02. The lowest BCUT2D eigenvalue weighted by molar-refractivity contribution is 0.343. The van der Waals surface area contributed by atoms with Crippen LogP contribution in [0, 0.1) is 17.9 Å². The lowest BCUT2D eigenvalue weighted by Gasteiger charge is -2.37. The minimum absolute atomic E-state index is 0.407. The molecule has 1 radical (unpaired) electrons. The minimum Gasteiger partial charge on any atom is -0.184 e. The lowest BCUT2D eigenvalue weighted by Crippen LogP contribution is -2.43. The van der Waals surface area contributed by atoms with Crippen LogP contribution in [0.2, 0.25) is 16.6 Å². The van der Waals surface area contributed by atoms with Gasteiger partial charge in [0.2, 0.25) is 0 Å². The van der Waals surface area contributed by atoms with Gasteiger partial charge in [0.15, 0.2) is 0 Å². The molecule has 0 saturated heterocycles. The minimum atomic E-state index is -1.95. The predicted molar refractivity (Wildman–Crippen MR) is 64.3 cm³/mol. The van der Waals surface area contributed by atoms with E-state index >= 15 is 0 Å². The Morgan fingerprint density at radius 2 is 1.20 bits per heavy atom. The van der Waals surface area contributed by atoms with E-state index in [1.807, 2.05) is 5.92 Å². The molecule has 0 N–H and O–H groups in total. The first-order valence-electron chi connectivity index (χ1n) is 5.46. The molecule has 0 rings (SSSR count). The van der Waals surface area contributed by atoms with E-state index in [1.165, 1.54) is 0 Å². The Balaban J connectivity index is 5.27. The Labute approximate surface area is 93.5 Å². The first kappa shape index (κ1) is 14.6. The van der Waals surface area contributed by atoms with Gasteiger partial charge in [0, 0.05) is 0 Å². The molecule has 0 fully saturated rings. The van der Waals surface area contributed by atoms with Gasteiger partial charge in [-0.25, -0.2) is 0 Å². The van der Waals surface area contributed by atoms with Crippen LogP contribution in [-0.4, -0.2) is 8.07 Å². The fraction of sp³-hybridized carbons (Fsp3) is 0.750. The van der Waals surface area contributed by atoms with Crippen LogP contribution in [0.3, 0.4) is 0 Å². The van der Waals surface area contributed by atoms with Crippen molar-refractivity contribution in [1.82, 2.24) is 0 Å². The highest BCUT2D eigenvalue weighted by atomic mass is 28.3. The van der Waals surface area contributed by atoms with E-state index in [1.54, 1.807) is 0 Å². The Morgan fingerprint density at radius 1 is 0.867 bits per heavy atom. The predicted octanol–water partition coefficient (Wildman–Crippen LogP) is 4.64. The van der Waals surface area contributed by atoms with E-state index in [4.69, 9.17) is 0 Å². The van der Waals surface area contributed by atoms with Gasteiger partial charge in [0.05, 0.1) is 0 Å². The van der Waals surface area contributed by atoms with E-state index in [0.717, 1.165) is 0 Å². The summed E-state index contributed by atoms with van der Waals surface area (Å²) in [4.78, 5) is 0. The van der Waals surface area contributed by atoms with Gasteiger partial charge in [-0.15, -0.1) is 5.54 Å². The maximum Gasteiger partial charge on any atom is 0.381 e. The van der Waals surface area contributed by atoms with Crippen LogP contribution in [-0.2, 0) is 0 Å². The van der Waals surface area contributed by atoms with Crippen molar-refractivity contribution in [3.8, 4) is 11.5 Å². The first-order chi connectivity index (χ1) is 6.75. The van der Waals surface area contributed by atoms with Crippen LogP contribution in [0.1, 0.15) is 41.5 Å². The summed E-state index contributed by atoms with van der Waals surface area (Å²) in [6, 6.07) is 0. The first-order valence-corrected chi connectivity index (χ1v) is 7.69. The second kappa shape index (κ2) is 5.65. The van der Waals surface area contributed by atoms with Crippen molar-refractivity contribution in [2.75, 3.05) is 0 Å². The Bertz CT molecular complexity index is 224. The fourth-order valence-electron chi connectivity index (χ4n) is 2.59. The van der Waals surface area contributed by atoms with Crippen LogP contribution < -0.4 is 0 Å². The Morgan fingerprint density at radius 3 is 1.40 bits per heavy atom. The monoisotopic (exact) mass is 231 g/mol. The molecule has 0 nitrogen and oxygen atoms in total. The maximum absolute atomic E-state index is 12.1. The largest absolute Gasteiger partial charge is 0.381 e. The van der Waals surface area contributed by atoms with E-state index in [2.05, 4.69) is 47.1 Å². The van der Waals surface area contributed by atoms with Crippen molar-refractivity contribution in [2.24, 2.45) is 0 Å². The molecule has 0 saturated carbocycles. The van der Waals surface area contributed by atoms with Gasteiger partial charge in [-0.3, -0.25) is 0 Å². The summed E-state index contributed by atoms with van der Waals surface area (Å²) in [7, 11) is -1.95. The summed E-state index contributed by atoms with van der Waals surface area (Å²) < 4.78 is 24.2. The molecule has 0 aliphatic carbocycles. The number of halogens is 2. The molecule has 15 heavy (non-hydrogen) atoms. The molecular formula is C12H21F2Si. The van der Waals surface area contributed by atoms with Crippen LogP contribution in [0.5, 0.6) is 0 Å². The van der Waals surface area contributed by atoms with E-state index in [0.29, 0.717) is 16.6 Å². The van der Waals surface area contributed by atoms with E-state index < -0.39 is 14.5 Å². The quantitative estimate of drug-likeness (QED) is 0.490. The van der Waals surface area contributed by atoms with Crippen LogP contribution in [0.25, 0.3) is 0 Å². The van der Waals surface area contributed by atoms with Crippen LogP contribution >= 0.6 is 0 Å². The van der Waals surface area contributed by atoms with Crippen molar-refractivity contribution in [2.45, 2.75) is 58.2 Å². The highest BCUT2D eigenvalue weighted by Gasteiger charge is 2.41. The lowest BCUT2D eigenvalue weighted by atomic mass is 10.5. The van der Waals surface area contributed by atoms with Crippen molar-refractivity contribution in [3.63, 3.8) is 0 Å². The van der Waals surface area contributed by atoms with Crippen molar-refractivity contribution in [1.29, 1.82) is 0 Å². The normalized spacial score (nSPS) is 12.5. The van der Waals surface area contributed by atoms with Gasteiger partial charge in [-0.2, -0.15) is 8.78 Å². The number of hydrogen-bond donors (Lipinski definition) is 0. The van der Waals surface area contributed by atoms with Gasteiger partial charge < -0.3 is 0 Å². The highest BCUT2D eigenvalue weighted by Crippen LogP contribution is 2.40. The third-order valence-electron chi connectivity index (χ3n) is 3.24. The molecule has 0 heterocycles. The maximum atomic E-state index is 12.1. The summed E-state index contributed by atoms with van der Waals surface area (Å²) in [5, 5.41) is 0. The number of rotatable bonds is 3. The molecule has 3 heteroatoms. The molecule has 0 bridgehead atoms. The summed E-state index contributed by atoms with van der Waals surface area (Å²) >= 11 is 0. The average molecular weight is 231 g/mol. The van der Waals surface area contributed by atoms with Gasteiger partial charge >= 0.3 is 6.43 Å². The van der Waals surface area contributed by atoms with Crippen molar-refractivity contribution >= 4 is 8.07 Å². The third kappa shape index (κ3) is 3.31. The zero-order chi connectivity index (χ0) is 12.2. The fourth-order valence-corrected chi connectivity index (χ4v) is 7.77. The third-order valence-corrected chi connectivity index (χ3v) is 9.53. The molecule has 0 aliphatic heterocycles. The summed E-state index contributed by atoms with van der Waals surface area (Å²) in [5.74, 6) is 2.03. The standard InChI is InChI=1S/C12H21F2Si/c1-9(2)15(10(3)4,11(5)6)8-7-12(13)14/h9-11H,1-6H3. The van der Waals surface area contributed by atoms with Gasteiger partial charge in [0.1, 0.15) is 8.07 Å². The Hall–Kier alpha value is -0.363. The highest BCUT2D eigenvalue weighted by molar-refractivity contribution is 6.90. The van der Waals surface area contributed by atoms with E-state index in [-0.39, 0.29) is 0 Å². The molecule has 0 unspecified atom stereocenters. The molecule has 0 spiro atoms. The molecule has 0 aromatic carbocycles. The molecule has 0 atom stereocenters. The molecule has 0 aromatic heterocycles. The summed E-state index contributed by atoms with van der Waals surface area (Å²) in [6.45, 7) is 12.6. The zero-order valence-electron chi connectivity index (χ0n) is 10.5.